The molecule has 1 saturated carbocycles. The van der Waals surface area contributed by atoms with E-state index < -0.39 is 13.0 Å². The van der Waals surface area contributed by atoms with Gasteiger partial charge in [-0.2, -0.15) is 0 Å². The monoisotopic (exact) mass is 270 g/mol. The van der Waals surface area contributed by atoms with Crippen LogP contribution in [-0.4, -0.2) is 31.5 Å². The molecule has 1 aromatic carbocycles. The molecule has 3 nitrogen and oxygen atoms in total. The van der Waals surface area contributed by atoms with Crippen molar-refractivity contribution in [3.63, 3.8) is 0 Å². The summed E-state index contributed by atoms with van der Waals surface area (Å²) in [5, 5.41) is 0. The van der Waals surface area contributed by atoms with E-state index in [0.717, 1.165) is 12.8 Å². The smallest absolute Gasteiger partial charge is 0.261 e. The first-order chi connectivity index (χ1) is 9.15. The number of ketones is 1. The van der Waals surface area contributed by atoms with Crippen LogP contribution in [0.2, 0.25) is 0 Å². The van der Waals surface area contributed by atoms with Crippen molar-refractivity contribution in [2.24, 2.45) is 0 Å². The highest BCUT2D eigenvalue weighted by Crippen LogP contribution is 2.27. The zero-order chi connectivity index (χ0) is 13.7. The average Bonchev–Trinajstić information content (AvgIpc) is 3.18. The number of carbonyl (C=O) groups is 1. The molecule has 0 aliphatic heterocycles. The molecule has 1 fully saturated rings. The fraction of sp³-hybridized carbons (Fsp3) is 0.500. The number of halogens is 2. The molecule has 0 radical (unpaired) electrons. The molecule has 104 valence electrons. The molecular weight excluding hydrogens is 254 g/mol. The second kappa shape index (κ2) is 6.61. The van der Waals surface area contributed by atoms with E-state index in [1.54, 1.807) is 18.2 Å². The Morgan fingerprint density at radius 1 is 1.37 bits per heavy atom. The van der Waals surface area contributed by atoms with Crippen LogP contribution in [0.5, 0.6) is 5.75 Å². The van der Waals surface area contributed by atoms with Crippen LogP contribution in [-0.2, 0) is 4.74 Å². The molecule has 1 aliphatic rings. The Kier molecular flexibility index (Phi) is 4.85. The van der Waals surface area contributed by atoms with E-state index in [1.165, 1.54) is 0 Å². The maximum Gasteiger partial charge on any atom is 0.261 e. The van der Waals surface area contributed by atoms with Gasteiger partial charge in [0.1, 0.15) is 12.4 Å². The standard InChI is InChI=1S/C14H16F2O3/c15-14(16)9-18-7-6-13(17)10-2-1-3-12(8-10)19-11-4-5-11/h1-3,8,11,14H,4-7,9H2. The van der Waals surface area contributed by atoms with E-state index in [9.17, 15) is 13.6 Å². The van der Waals surface area contributed by atoms with Gasteiger partial charge in [-0.15, -0.1) is 0 Å². The Hall–Kier alpha value is -1.49. The molecular formula is C14H16F2O3. The number of hydrogen-bond donors (Lipinski definition) is 0. The minimum Gasteiger partial charge on any atom is -0.490 e. The highest BCUT2D eigenvalue weighted by molar-refractivity contribution is 5.96. The van der Waals surface area contributed by atoms with E-state index in [-0.39, 0.29) is 24.9 Å². The third kappa shape index (κ3) is 4.95. The average molecular weight is 270 g/mol. The fourth-order valence-electron chi connectivity index (χ4n) is 1.60. The zero-order valence-corrected chi connectivity index (χ0v) is 10.5. The molecule has 0 unspecified atom stereocenters. The molecule has 0 amide bonds. The lowest BCUT2D eigenvalue weighted by Gasteiger charge is -2.07. The van der Waals surface area contributed by atoms with Gasteiger partial charge in [-0.1, -0.05) is 12.1 Å². The van der Waals surface area contributed by atoms with Crippen LogP contribution < -0.4 is 4.74 Å². The Bertz CT molecular complexity index is 430. The molecule has 1 aliphatic carbocycles. The molecule has 0 atom stereocenters. The Labute approximate surface area is 110 Å². The second-order valence-electron chi connectivity index (χ2n) is 4.48. The van der Waals surface area contributed by atoms with Gasteiger partial charge in [-0.05, 0) is 25.0 Å². The molecule has 2 rings (SSSR count). The lowest BCUT2D eigenvalue weighted by molar-refractivity contribution is 0.0170. The van der Waals surface area contributed by atoms with Crippen molar-refractivity contribution in [2.75, 3.05) is 13.2 Å². The van der Waals surface area contributed by atoms with E-state index in [0.29, 0.717) is 11.3 Å². The molecule has 0 N–H and O–H groups in total. The molecule has 1 aromatic rings. The summed E-state index contributed by atoms with van der Waals surface area (Å²) in [5.41, 5.74) is 0.527. The quantitative estimate of drug-likeness (QED) is 0.538. The van der Waals surface area contributed by atoms with Crippen molar-refractivity contribution in [3.05, 3.63) is 29.8 Å². The highest BCUT2D eigenvalue weighted by atomic mass is 19.3. The molecule has 5 heteroatoms. The van der Waals surface area contributed by atoms with Crippen molar-refractivity contribution < 1.29 is 23.0 Å². The number of hydrogen-bond acceptors (Lipinski definition) is 3. The number of rotatable bonds is 8. The van der Waals surface area contributed by atoms with Crippen molar-refractivity contribution in [2.45, 2.75) is 31.8 Å². The van der Waals surface area contributed by atoms with Gasteiger partial charge in [0.2, 0.25) is 0 Å². The van der Waals surface area contributed by atoms with Gasteiger partial charge in [-0.3, -0.25) is 4.79 Å². The summed E-state index contributed by atoms with van der Waals surface area (Å²) in [6, 6.07) is 6.94. The van der Waals surface area contributed by atoms with Crippen molar-refractivity contribution >= 4 is 5.78 Å². The van der Waals surface area contributed by atoms with Crippen LogP contribution in [0.25, 0.3) is 0 Å². The predicted octanol–water partition coefficient (Wildman–Crippen LogP) is 3.08. The molecule has 0 spiro atoms. The first-order valence-corrected chi connectivity index (χ1v) is 6.31. The number of ether oxygens (including phenoxy) is 2. The van der Waals surface area contributed by atoms with Crippen LogP contribution in [0, 0.1) is 0 Å². The van der Waals surface area contributed by atoms with Crippen molar-refractivity contribution in [1.29, 1.82) is 0 Å². The number of carbonyl (C=O) groups excluding carboxylic acids is 1. The zero-order valence-electron chi connectivity index (χ0n) is 10.5. The third-order valence-corrected chi connectivity index (χ3v) is 2.70. The van der Waals surface area contributed by atoms with E-state index in [1.807, 2.05) is 6.07 Å². The molecule has 0 bridgehead atoms. The number of Topliss-reactive ketones (excluding diaryl/α,β-unsaturated/α-hetero) is 1. The second-order valence-corrected chi connectivity index (χ2v) is 4.48. The van der Waals surface area contributed by atoms with Gasteiger partial charge in [0.15, 0.2) is 5.78 Å². The summed E-state index contributed by atoms with van der Waals surface area (Å²) < 4.78 is 34.0. The lowest BCUT2D eigenvalue weighted by Crippen LogP contribution is -2.09. The number of benzene rings is 1. The minimum absolute atomic E-state index is 0.0108. The minimum atomic E-state index is -2.50. The topological polar surface area (TPSA) is 35.5 Å². The Morgan fingerprint density at radius 3 is 2.84 bits per heavy atom. The van der Waals surface area contributed by atoms with Gasteiger partial charge < -0.3 is 9.47 Å². The van der Waals surface area contributed by atoms with Gasteiger partial charge in [0.05, 0.1) is 12.7 Å². The van der Waals surface area contributed by atoms with E-state index >= 15 is 0 Å². The fourth-order valence-corrected chi connectivity index (χ4v) is 1.60. The van der Waals surface area contributed by atoms with Gasteiger partial charge >= 0.3 is 0 Å². The van der Waals surface area contributed by atoms with Gasteiger partial charge in [0.25, 0.3) is 6.43 Å². The summed E-state index contributed by atoms with van der Waals surface area (Å²) in [4.78, 5) is 11.8. The van der Waals surface area contributed by atoms with Crippen LogP contribution in [0.15, 0.2) is 24.3 Å². The van der Waals surface area contributed by atoms with E-state index in [2.05, 4.69) is 4.74 Å². The Morgan fingerprint density at radius 2 is 2.16 bits per heavy atom. The summed E-state index contributed by atoms with van der Waals surface area (Å²) in [7, 11) is 0. The van der Waals surface area contributed by atoms with Crippen LogP contribution in [0.1, 0.15) is 29.6 Å². The molecule has 19 heavy (non-hydrogen) atoms. The van der Waals surface area contributed by atoms with Crippen LogP contribution in [0.4, 0.5) is 8.78 Å². The maximum absolute atomic E-state index is 11.8. The Balaban J connectivity index is 1.80. The maximum atomic E-state index is 11.8. The van der Waals surface area contributed by atoms with Gasteiger partial charge in [-0.25, -0.2) is 8.78 Å². The first-order valence-electron chi connectivity index (χ1n) is 6.31. The van der Waals surface area contributed by atoms with Crippen molar-refractivity contribution in [1.82, 2.24) is 0 Å². The van der Waals surface area contributed by atoms with Crippen molar-refractivity contribution in [3.8, 4) is 5.75 Å². The SMILES string of the molecule is O=C(CCOCC(F)F)c1cccc(OC2CC2)c1. The normalized spacial score (nSPS) is 14.7. The number of alkyl halides is 2. The van der Waals surface area contributed by atoms with Gasteiger partial charge in [0, 0.05) is 12.0 Å². The van der Waals surface area contributed by atoms with Crippen LogP contribution >= 0.6 is 0 Å². The first kappa shape index (κ1) is 13.9. The lowest BCUT2D eigenvalue weighted by atomic mass is 10.1. The summed E-state index contributed by atoms with van der Waals surface area (Å²) in [6.45, 7) is -0.616. The summed E-state index contributed by atoms with van der Waals surface area (Å²) in [5.74, 6) is 0.553. The largest absolute Gasteiger partial charge is 0.490 e. The molecule has 0 heterocycles. The predicted molar refractivity (Wildman–Crippen MR) is 65.9 cm³/mol. The molecule has 0 saturated heterocycles. The van der Waals surface area contributed by atoms with Crippen LogP contribution in [0.3, 0.4) is 0 Å². The summed E-state index contributed by atoms with van der Waals surface area (Å²) >= 11 is 0. The van der Waals surface area contributed by atoms with E-state index in [4.69, 9.17) is 4.74 Å². The highest BCUT2D eigenvalue weighted by Gasteiger charge is 2.23. The third-order valence-electron chi connectivity index (χ3n) is 2.70. The molecule has 0 aromatic heterocycles. The summed E-state index contributed by atoms with van der Waals surface area (Å²) in [6.07, 6.45) is -0.0103.